The lowest BCUT2D eigenvalue weighted by Crippen LogP contribution is -2.47. The van der Waals surface area contributed by atoms with Crippen LogP contribution in [-0.4, -0.2) is 25.3 Å². The smallest absolute Gasteiger partial charge is 0.414 e. The molecular weight excluding hydrogens is 252 g/mol. The summed E-state index contributed by atoms with van der Waals surface area (Å²) in [4.78, 5) is 13.6. The van der Waals surface area contributed by atoms with E-state index in [2.05, 4.69) is 0 Å². The van der Waals surface area contributed by atoms with Crippen LogP contribution in [0.2, 0.25) is 5.02 Å². The van der Waals surface area contributed by atoms with E-state index in [-0.39, 0.29) is 12.1 Å². The third kappa shape index (κ3) is 2.44. The van der Waals surface area contributed by atoms with Gasteiger partial charge in [0.2, 0.25) is 0 Å². The maximum atomic E-state index is 12.0. The lowest BCUT2D eigenvalue weighted by molar-refractivity contribution is 0.128. The molecule has 0 bridgehead atoms. The number of hydrogen-bond donors (Lipinski definition) is 1. The van der Waals surface area contributed by atoms with Crippen LogP contribution in [-0.2, 0) is 4.74 Å². The molecule has 1 unspecified atom stereocenters. The zero-order valence-corrected chi connectivity index (χ0v) is 11.1. The first-order valence-corrected chi connectivity index (χ1v) is 6.44. The van der Waals surface area contributed by atoms with Gasteiger partial charge in [0.25, 0.3) is 0 Å². The normalized spacial score (nSPS) is 19.8. The summed E-state index contributed by atoms with van der Waals surface area (Å²) in [6.07, 6.45) is 1.25. The van der Waals surface area contributed by atoms with Crippen molar-refractivity contribution in [2.45, 2.75) is 25.8 Å². The number of ether oxygens (including phenoxy) is 1. The minimum Gasteiger partial charge on any atom is -0.449 e. The maximum absolute atomic E-state index is 12.0. The molecule has 18 heavy (non-hydrogen) atoms. The molecule has 1 aromatic carbocycles. The first-order chi connectivity index (χ1) is 8.65. The predicted molar refractivity (Wildman–Crippen MR) is 72.1 cm³/mol. The van der Waals surface area contributed by atoms with Crippen molar-refractivity contribution >= 4 is 23.4 Å². The van der Waals surface area contributed by atoms with Crippen molar-refractivity contribution in [1.29, 1.82) is 0 Å². The monoisotopic (exact) mass is 268 g/mol. The number of amides is 1. The van der Waals surface area contributed by atoms with Gasteiger partial charge in [0.1, 0.15) is 0 Å². The lowest BCUT2D eigenvalue weighted by Gasteiger charge is -2.35. The summed E-state index contributed by atoms with van der Waals surface area (Å²) in [5.74, 6) is 0. The molecule has 98 valence electrons. The van der Waals surface area contributed by atoms with Gasteiger partial charge in [-0.05, 0) is 37.6 Å². The Morgan fingerprint density at radius 1 is 1.56 bits per heavy atom. The van der Waals surface area contributed by atoms with Gasteiger partial charge in [-0.2, -0.15) is 0 Å². The summed E-state index contributed by atoms with van der Waals surface area (Å²) < 4.78 is 5.12. The number of carbonyl (C=O) groups excluding carboxylic acids is 1. The predicted octanol–water partition coefficient (Wildman–Crippen LogP) is 2.71. The van der Waals surface area contributed by atoms with E-state index in [1.54, 1.807) is 4.90 Å². The van der Waals surface area contributed by atoms with Gasteiger partial charge in [-0.15, -0.1) is 0 Å². The molecule has 4 nitrogen and oxygen atoms in total. The third-order valence-electron chi connectivity index (χ3n) is 3.24. The standard InChI is InChI=1S/C13H17ClN2O2/c1-9-11(14)3-2-4-12(9)16-10(5-7-15)6-8-18-13(16)17/h2-4,10H,5-8,15H2,1H3. The van der Waals surface area contributed by atoms with Crippen molar-refractivity contribution in [3.63, 3.8) is 0 Å². The molecule has 0 aliphatic carbocycles. The topological polar surface area (TPSA) is 55.6 Å². The van der Waals surface area contributed by atoms with E-state index in [1.165, 1.54) is 0 Å². The summed E-state index contributed by atoms with van der Waals surface area (Å²) in [6.45, 7) is 2.91. The molecule has 5 heteroatoms. The van der Waals surface area contributed by atoms with Crippen molar-refractivity contribution in [2.75, 3.05) is 18.1 Å². The Morgan fingerprint density at radius 2 is 2.33 bits per heavy atom. The number of carbonyl (C=O) groups is 1. The Labute approximate surface area is 112 Å². The van der Waals surface area contributed by atoms with Crippen LogP contribution >= 0.6 is 11.6 Å². The highest BCUT2D eigenvalue weighted by Gasteiger charge is 2.31. The molecular formula is C13H17ClN2O2. The van der Waals surface area contributed by atoms with Crippen molar-refractivity contribution in [1.82, 2.24) is 0 Å². The van der Waals surface area contributed by atoms with Gasteiger partial charge >= 0.3 is 6.09 Å². The SMILES string of the molecule is Cc1c(Cl)cccc1N1C(=O)OCCC1CCN. The zero-order chi connectivity index (χ0) is 13.1. The molecule has 1 aliphatic rings. The summed E-state index contributed by atoms with van der Waals surface area (Å²) in [6, 6.07) is 5.63. The molecule has 2 N–H and O–H groups in total. The van der Waals surface area contributed by atoms with E-state index < -0.39 is 0 Å². The van der Waals surface area contributed by atoms with Gasteiger partial charge < -0.3 is 10.5 Å². The van der Waals surface area contributed by atoms with E-state index in [4.69, 9.17) is 22.1 Å². The van der Waals surface area contributed by atoms with Crippen LogP contribution in [0.1, 0.15) is 18.4 Å². The van der Waals surface area contributed by atoms with Crippen LogP contribution in [0.3, 0.4) is 0 Å². The summed E-state index contributed by atoms with van der Waals surface area (Å²) in [5, 5.41) is 0.650. The molecule has 0 saturated carbocycles. The Kier molecular flexibility index (Phi) is 4.09. The maximum Gasteiger partial charge on any atom is 0.414 e. The summed E-state index contributed by atoms with van der Waals surface area (Å²) >= 11 is 6.10. The number of nitrogens with two attached hydrogens (primary N) is 1. The van der Waals surface area contributed by atoms with Crippen molar-refractivity contribution in [2.24, 2.45) is 5.73 Å². The Morgan fingerprint density at radius 3 is 3.06 bits per heavy atom. The second kappa shape index (κ2) is 5.59. The van der Waals surface area contributed by atoms with Crippen molar-refractivity contribution in [3.8, 4) is 0 Å². The van der Waals surface area contributed by atoms with Crippen LogP contribution in [0.15, 0.2) is 18.2 Å². The lowest BCUT2D eigenvalue weighted by atomic mass is 10.1. The molecule has 0 spiro atoms. The number of halogens is 1. The van der Waals surface area contributed by atoms with Gasteiger partial charge in [0, 0.05) is 17.5 Å². The highest BCUT2D eigenvalue weighted by molar-refractivity contribution is 6.31. The number of rotatable bonds is 3. The van der Waals surface area contributed by atoms with Gasteiger partial charge in [0.05, 0.1) is 12.3 Å². The minimum absolute atomic E-state index is 0.0911. The van der Waals surface area contributed by atoms with E-state index in [0.717, 1.165) is 24.1 Å². The fourth-order valence-corrected chi connectivity index (χ4v) is 2.42. The first-order valence-electron chi connectivity index (χ1n) is 6.06. The molecule has 1 atom stereocenters. The number of hydrogen-bond acceptors (Lipinski definition) is 3. The van der Waals surface area contributed by atoms with Gasteiger partial charge in [-0.1, -0.05) is 17.7 Å². The second-order valence-electron chi connectivity index (χ2n) is 4.39. The number of cyclic esters (lactones) is 1. The number of benzene rings is 1. The molecule has 1 amide bonds. The molecule has 1 aliphatic heterocycles. The number of nitrogens with zero attached hydrogens (tertiary/aromatic N) is 1. The fraction of sp³-hybridized carbons (Fsp3) is 0.462. The molecule has 0 radical (unpaired) electrons. The molecule has 2 rings (SSSR count). The van der Waals surface area contributed by atoms with Crippen LogP contribution < -0.4 is 10.6 Å². The second-order valence-corrected chi connectivity index (χ2v) is 4.80. The molecule has 0 aromatic heterocycles. The van der Waals surface area contributed by atoms with Crippen molar-refractivity contribution in [3.05, 3.63) is 28.8 Å². The largest absolute Gasteiger partial charge is 0.449 e. The van der Waals surface area contributed by atoms with Crippen molar-refractivity contribution < 1.29 is 9.53 Å². The van der Waals surface area contributed by atoms with E-state index >= 15 is 0 Å². The number of anilines is 1. The molecule has 1 saturated heterocycles. The van der Waals surface area contributed by atoms with Crippen LogP contribution in [0.5, 0.6) is 0 Å². The average Bonchev–Trinajstić information content (AvgIpc) is 2.34. The quantitative estimate of drug-likeness (QED) is 0.917. The van der Waals surface area contributed by atoms with E-state index in [0.29, 0.717) is 18.2 Å². The minimum atomic E-state index is -0.315. The average molecular weight is 269 g/mol. The van der Waals surface area contributed by atoms with Crippen LogP contribution in [0, 0.1) is 6.92 Å². The van der Waals surface area contributed by atoms with E-state index in [9.17, 15) is 4.79 Å². The Hall–Kier alpha value is -1.26. The highest BCUT2D eigenvalue weighted by atomic mass is 35.5. The summed E-state index contributed by atoms with van der Waals surface area (Å²) in [5.41, 5.74) is 7.31. The fourth-order valence-electron chi connectivity index (χ4n) is 2.25. The zero-order valence-electron chi connectivity index (χ0n) is 10.4. The summed E-state index contributed by atoms with van der Waals surface area (Å²) in [7, 11) is 0. The third-order valence-corrected chi connectivity index (χ3v) is 3.65. The Balaban J connectivity index is 2.37. The molecule has 1 aromatic rings. The highest BCUT2D eigenvalue weighted by Crippen LogP contribution is 2.31. The van der Waals surface area contributed by atoms with Crippen LogP contribution in [0.25, 0.3) is 0 Å². The molecule has 1 heterocycles. The first kappa shape index (κ1) is 13.2. The van der Waals surface area contributed by atoms with E-state index in [1.807, 2.05) is 25.1 Å². The molecule has 1 fully saturated rings. The Bertz CT molecular complexity index is 449. The van der Waals surface area contributed by atoms with Gasteiger partial charge in [-0.25, -0.2) is 4.79 Å². The van der Waals surface area contributed by atoms with Gasteiger partial charge in [-0.3, -0.25) is 4.90 Å². The van der Waals surface area contributed by atoms with Crippen LogP contribution in [0.4, 0.5) is 10.5 Å². The van der Waals surface area contributed by atoms with Gasteiger partial charge in [0.15, 0.2) is 0 Å².